The van der Waals surface area contributed by atoms with Crippen LogP contribution in [0.2, 0.25) is 0 Å². The van der Waals surface area contributed by atoms with Crippen molar-refractivity contribution in [3.8, 4) is 17.1 Å². The number of methoxy groups -OCH3 is 1. The van der Waals surface area contributed by atoms with Crippen molar-refractivity contribution in [3.63, 3.8) is 0 Å². The Morgan fingerprint density at radius 2 is 2.00 bits per heavy atom. The van der Waals surface area contributed by atoms with Crippen molar-refractivity contribution < 1.29 is 9.53 Å². The molecule has 1 amide bonds. The third kappa shape index (κ3) is 3.97. The highest BCUT2D eigenvalue weighted by atomic mass is 16.5. The van der Waals surface area contributed by atoms with Gasteiger partial charge in [0, 0.05) is 31.6 Å². The molecule has 0 aliphatic rings. The van der Waals surface area contributed by atoms with E-state index >= 15 is 0 Å². The zero-order valence-electron chi connectivity index (χ0n) is 15.1. The molecular formula is C18H18N6O3. The molecule has 0 aromatic carbocycles. The van der Waals surface area contributed by atoms with Crippen LogP contribution in [0.3, 0.4) is 0 Å². The summed E-state index contributed by atoms with van der Waals surface area (Å²) in [7, 11) is 3.11. The van der Waals surface area contributed by atoms with Gasteiger partial charge in [-0.2, -0.15) is 0 Å². The number of rotatable bonds is 5. The van der Waals surface area contributed by atoms with Gasteiger partial charge in [0.15, 0.2) is 0 Å². The Balaban J connectivity index is 1.90. The average Bonchev–Trinajstić information content (AvgIpc) is 2.70. The van der Waals surface area contributed by atoms with Crippen LogP contribution in [0, 0.1) is 0 Å². The Hall–Kier alpha value is -3.62. The molecule has 138 valence electrons. The molecule has 1 N–H and O–H groups in total. The Morgan fingerprint density at radius 1 is 1.19 bits per heavy atom. The second-order valence-corrected chi connectivity index (χ2v) is 5.77. The van der Waals surface area contributed by atoms with Gasteiger partial charge in [0.2, 0.25) is 0 Å². The first-order chi connectivity index (χ1) is 13.0. The molecule has 0 fully saturated rings. The third-order valence-corrected chi connectivity index (χ3v) is 3.95. The summed E-state index contributed by atoms with van der Waals surface area (Å²) in [5.74, 6) is 0.523. The molecule has 0 aliphatic heterocycles. The van der Waals surface area contributed by atoms with E-state index in [1.807, 2.05) is 0 Å². The lowest BCUT2D eigenvalue weighted by molar-refractivity contribution is 0.0932. The molecule has 3 aromatic heterocycles. The van der Waals surface area contributed by atoms with Gasteiger partial charge in [-0.1, -0.05) is 0 Å². The molecular weight excluding hydrogens is 348 g/mol. The van der Waals surface area contributed by atoms with Crippen LogP contribution >= 0.6 is 0 Å². The SMILES string of the molecule is COc1ccnc(C(=O)NC(C)c2nc(-c3ccncn3)cc(=O)n2C)c1. The summed E-state index contributed by atoms with van der Waals surface area (Å²) < 4.78 is 6.49. The highest BCUT2D eigenvalue weighted by molar-refractivity contribution is 5.92. The Kier molecular flexibility index (Phi) is 5.20. The highest BCUT2D eigenvalue weighted by Gasteiger charge is 2.18. The van der Waals surface area contributed by atoms with E-state index in [1.54, 1.807) is 32.3 Å². The Labute approximate surface area is 155 Å². The molecule has 9 heteroatoms. The van der Waals surface area contributed by atoms with Crippen molar-refractivity contribution >= 4 is 5.91 Å². The minimum absolute atomic E-state index is 0.207. The van der Waals surface area contributed by atoms with Gasteiger partial charge in [-0.05, 0) is 19.1 Å². The van der Waals surface area contributed by atoms with Crippen molar-refractivity contribution in [1.82, 2.24) is 29.8 Å². The number of ether oxygens (including phenoxy) is 1. The normalized spacial score (nSPS) is 11.7. The summed E-state index contributed by atoms with van der Waals surface area (Å²) in [4.78, 5) is 41.3. The fourth-order valence-corrected chi connectivity index (χ4v) is 2.52. The van der Waals surface area contributed by atoms with Crippen LogP contribution in [0.4, 0.5) is 0 Å². The number of pyridine rings is 1. The molecule has 1 unspecified atom stereocenters. The highest BCUT2D eigenvalue weighted by Crippen LogP contribution is 2.16. The van der Waals surface area contributed by atoms with Gasteiger partial charge in [0.1, 0.15) is 23.6 Å². The standard InChI is InChI=1S/C18H18N6O3/c1-11(22-18(26)15-8-12(27-3)4-7-20-15)17-23-14(9-16(25)24(17)2)13-5-6-19-10-21-13/h4-11H,1-3H3,(H,22,26). The number of aromatic nitrogens is 5. The average molecular weight is 366 g/mol. The van der Waals surface area contributed by atoms with Crippen LogP contribution in [-0.4, -0.2) is 37.5 Å². The minimum Gasteiger partial charge on any atom is -0.497 e. The summed E-state index contributed by atoms with van der Waals surface area (Å²) in [5.41, 5.74) is 0.889. The summed E-state index contributed by atoms with van der Waals surface area (Å²) in [6.07, 6.45) is 4.44. The number of amides is 1. The number of hydrogen-bond donors (Lipinski definition) is 1. The smallest absolute Gasteiger partial charge is 0.270 e. The van der Waals surface area contributed by atoms with Gasteiger partial charge in [-0.3, -0.25) is 19.1 Å². The second kappa shape index (κ2) is 7.73. The fourth-order valence-electron chi connectivity index (χ4n) is 2.52. The number of carbonyl (C=O) groups excluding carboxylic acids is 1. The van der Waals surface area contributed by atoms with Crippen molar-refractivity contribution in [2.75, 3.05) is 7.11 Å². The monoisotopic (exact) mass is 366 g/mol. The first kappa shape index (κ1) is 18.2. The predicted molar refractivity (Wildman–Crippen MR) is 97.2 cm³/mol. The lowest BCUT2D eigenvalue weighted by atomic mass is 10.2. The summed E-state index contributed by atoms with van der Waals surface area (Å²) >= 11 is 0. The van der Waals surface area contributed by atoms with Gasteiger partial charge in [-0.25, -0.2) is 15.0 Å². The van der Waals surface area contributed by atoms with Gasteiger partial charge >= 0.3 is 0 Å². The van der Waals surface area contributed by atoms with E-state index in [0.29, 0.717) is 23.0 Å². The fraction of sp³-hybridized carbons (Fsp3) is 0.222. The van der Waals surface area contributed by atoms with Crippen LogP contribution in [0.25, 0.3) is 11.4 Å². The maximum absolute atomic E-state index is 12.5. The molecule has 3 aromatic rings. The molecule has 0 aliphatic carbocycles. The van der Waals surface area contributed by atoms with Crippen molar-refractivity contribution in [1.29, 1.82) is 0 Å². The van der Waals surface area contributed by atoms with Gasteiger partial charge in [0.25, 0.3) is 11.5 Å². The molecule has 0 radical (unpaired) electrons. The maximum atomic E-state index is 12.5. The van der Waals surface area contributed by atoms with E-state index in [1.165, 1.54) is 36.3 Å². The molecule has 1 atom stereocenters. The van der Waals surface area contributed by atoms with Crippen molar-refractivity contribution in [2.45, 2.75) is 13.0 Å². The van der Waals surface area contributed by atoms with E-state index in [2.05, 4.69) is 25.3 Å². The van der Waals surface area contributed by atoms with Gasteiger partial charge in [0.05, 0.1) is 24.5 Å². The summed E-state index contributed by atoms with van der Waals surface area (Å²) in [6, 6.07) is 5.70. The van der Waals surface area contributed by atoms with Crippen LogP contribution in [0.1, 0.15) is 29.3 Å². The molecule has 0 bridgehead atoms. The largest absolute Gasteiger partial charge is 0.497 e. The molecule has 0 saturated heterocycles. The first-order valence-electron chi connectivity index (χ1n) is 8.15. The van der Waals surface area contributed by atoms with Crippen molar-refractivity contribution in [2.24, 2.45) is 7.05 Å². The number of nitrogens with zero attached hydrogens (tertiary/aromatic N) is 5. The lowest BCUT2D eigenvalue weighted by Gasteiger charge is -2.17. The number of carbonyl (C=O) groups is 1. The molecule has 3 rings (SSSR count). The second-order valence-electron chi connectivity index (χ2n) is 5.77. The quantitative estimate of drug-likeness (QED) is 0.720. The van der Waals surface area contributed by atoms with E-state index in [0.717, 1.165) is 0 Å². The zero-order valence-corrected chi connectivity index (χ0v) is 15.1. The van der Waals surface area contributed by atoms with Crippen LogP contribution in [0.15, 0.2) is 47.8 Å². The molecule has 0 saturated carbocycles. The molecule has 3 heterocycles. The van der Waals surface area contributed by atoms with Crippen LogP contribution in [-0.2, 0) is 7.05 Å². The topological polar surface area (TPSA) is 112 Å². The zero-order chi connectivity index (χ0) is 19.4. The van der Waals surface area contributed by atoms with Crippen LogP contribution < -0.4 is 15.6 Å². The lowest BCUT2D eigenvalue weighted by Crippen LogP contribution is -2.33. The summed E-state index contributed by atoms with van der Waals surface area (Å²) in [5, 5.41) is 2.80. The first-order valence-corrected chi connectivity index (χ1v) is 8.15. The van der Waals surface area contributed by atoms with Gasteiger partial charge < -0.3 is 10.1 Å². The number of nitrogens with one attached hydrogen (secondary N) is 1. The van der Waals surface area contributed by atoms with E-state index in [4.69, 9.17) is 4.74 Å². The third-order valence-electron chi connectivity index (χ3n) is 3.95. The summed E-state index contributed by atoms with van der Waals surface area (Å²) in [6.45, 7) is 1.74. The van der Waals surface area contributed by atoms with Crippen molar-refractivity contribution in [3.05, 3.63) is 64.9 Å². The Bertz CT molecular complexity index is 1020. The van der Waals surface area contributed by atoms with E-state index < -0.39 is 11.9 Å². The predicted octanol–water partition coefficient (Wildman–Crippen LogP) is 1.13. The maximum Gasteiger partial charge on any atom is 0.270 e. The minimum atomic E-state index is -0.537. The molecule has 0 spiro atoms. The number of hydrogen-bond acceptors (Lipinski definition) is 7. The Morgan fingerprint density at radius 3 is 2.70 bits per heavy atom. The molecule has 9 nitrogen and oxygen atoms in total. The van der Waals surface area contributed by atoms with E-state index in [9.17, 15) is 9.59 Å². The van der Waals surface area contributed by atoms with E-state index in [-0.39, 0.29) is 11.3 Å². The van der Waals surface area contributed by atoms with Crippen LogP contribution in [0.5, 0.6) is 5.75 Å². The van der Waals surface area contributed by atoms with Gasteiger partial charge in [-0.15, -0.1) is 0 Å². The molecule has 27 heavy (non-hydrogen) atoms.